The average molecular weight is 733 g/mol. The first-order chi connectivity index (χ1) is 23.7. The van der Waals surface area contributed by atoms with Gasteiger partial charge < -0.3 is 53.4 Å². The van der Waals surface area contributed by atoms with Crippen molar-refractivity contribution in [2.24, 2.45) is 17.8 Å². The molecule has 0 spiro atoms. The molecule has 0 aromatic heterocycles. The lowest BCUT2D eigenvalue weighted by atomic mass is 9.76. The Hall–Kier alpha value is -0.970. The molecule has 0 bridgehead atoms. The first-order valence-corrected chi connectivity index (χ1v) is 19.1. The molecule has 3 aliphatic rings. The van der Waals surface area contributed by atoms with Crippen LogP contribution in [0, 0.1) is 17.8 Å². The van der Waals surface area contributed by atoms with Gasteiger partial charge >= 0.3 is 5.97 Å². The predicted octanol–water partition coefficient (Wildman–Crippen LogP) is 3.19. The van der Waals surface area contributed by atoms with Crippen LogP contribution in [0.5, 0.6) is 0 Å². The molecule has 0 aromatic rings. The minimum Gasteiger partial charge on any atom is -0.461 e. The number of ether oxygens (including phenoxy) is 7. The Bertz CT molecular complexity index is 1090. The lowest BCUT2D eigenvalue weighted by Crippen LogP contribution is -2.61. The third kappa shape index (κ3) is 10.4. The number of aliphatic hydroxyl groups excluding tert-OH is 3. The highest BCUT2D eigenvalue weighted by Crippen LogP contribution is 2.41. The number of nitrogens with zero attached hydrogens (tertiary/aromatic N) is 2. The van der Waals surface area contributed by atoms with Gasteiger partial charge in [0.15, 0.2) is 12.6 Å². The van der Waals surface area contributed by atoms with Crippen LogP contribution in [0.4, 0.5) is 0 Å². The van der Waals surface area contributed by atoms with Crippen molar-refractivity contribution in [2.45, 2.75) is 179 Å². The molecule has 0 radical (unpaired) electrons. The zero-order valence-corrected chi connectivity index (χ0v) is 33.9. The molecule has 0 aromatic carbocycles. The van der Waals surface area contributed by atoms with Crippen molar-refractivity contribution in [3.8, 4) is 0 Å². The van der Waals surface area contributed by atoms with Crippen molar-refractivity contribution in [3.05, 3.63) is 0 Å². The summed E-state index contributed by atoms with van der Waals surface area (Å²) in [6.45, 7) is 17.7. The van der Waals surface area contributed by atoms with Gasteiger partial charge in [0, 0.05) is 45.2 Å². The van der Waals surface area contributed by atoms with Crippen LogP contribution in [0.2, 0.25) is 0 Å². The molecule has 17 atom stereocenters. The van der Waals surface area contributed by atoms with E-state index in [0.717, 1.165) is 6.42 Å². The van der Waals surface area contributed by atoms with Crippen molar-refractivity contribution in [2.75, 3.05) is 41.9 Å². The fourth-order valence-corrected chi connectivity index (χ4v) is 8.48. The molecule has 3 aliphatic heterocycles. The molecule has 3 N–H and O–H groups in total. The van der Waals surface area contributed by atoms with E-state index in [1.807, 2.05) is 72.5 Å². The van der Waals surface area contributed by atoms with E-state index in [1.54, 1.807) is 28.1 Å². The molecule has 300 valence electrons. The number of rotatable bonds is 9. The van der Waals surface area contributed by atoms with Crippen LogP contribution in [-0.2, 0) is 38.0 Å². The number of aliphatic hydroxyl groups is 3. The monoisotopic (exact) mass is 733 g/mol. The Kier molecular flexibility index (Phi) is 16.2. The van der Waals surface area contributed by atoms with Gasteiger partial charge in [0.2, 0.25) is 0 Å². The van der Waals surface area contributed by atoms with E-state index >= 15 is 0 Å². The summed E-state index contributed by atoms with van der Waals surface area (Å²) in [7, 11) is 8.95. The summed E-state index contributed by atoms with van der Waals surface area (Å²) in [5.74, 6) is -2.02. The molecule has 1 unspecified atom stereocenters. The first kappa shape index (κ1) is 44.4. The SMILES string of the molecule is CCC[C@@H]1CN(C)[C@@H](C)[C@@H](O)[C@H](C)C[C@](C)(OC)[C@H](O[C@@H]2O[C@H](C)C[C@H](N(C)C)[C@H]2O)[C@@H](C)[C@H](OC2C[C@@](C)(OC)[C@@H](O)[C@H](C)O2)[C@@H](C)C(=O)O1. The van der Waals surface area contributed by atoms with Crippen LogP contribution < -0.4 is 0 Å². The Labute approximate surface area is 307 Å². The highest BCUT2D eigenvalue weighted by Gasteiger charge is 2.52. The summed E-state index contributed by atoms with van der Waals surface area (Å²) in [6.07, 6.45) is -4.61. The van der Waals surface area contributed by atoms with E-state index < -0.39 is 84.3 Å². The molecule has 0 aliphatic carbocycles. The quantitative estimate of drug-likeness (QED) is 0.299. The van der Waals surface area contributed by atoms with Crippen LogP contribution >= 0.6 is 0 Å². The second kappa shape index (κ2) is 18.6. The summed E-state index contributed by atoms with van der Waals surface area (Å²) in [5, 5.41) is 34.3. The molecular weight excluding hydrogens is 660 g/mol. The predicted molar refractivity (Wildman–Crippen MR) is 193 cm³/mol. The third-order valence-electron chi connectivity index (χ3n) is 12.2. The van der Waals surface area contributed by atoms with E-state index in [0.29, 0.717) is 25.8 Å². The molecule has 51 heavy (non-hydrogen) atoms. The van der Waals surface area contributed by atoms with Crippen LogP contribution in [0.15, 0.2) is 0 Å². The summed E-state index contributed by atoms with van der Waals surface area (Å²) in [4.78, 5) is 18.2. The van der Waals surface area contributed by atoms with E-state index in [-0.39, 0.29) is 30.5 Å². The molecule has 3 heterocycles. The van der Waals surface area contributed by atoms with Gasteiger partial charge in [0.05, 0.1) is 47.6 Å². The van der Waals surface area contributed by atoms with Crippen molar-refractivity contribution in [1.82, 2.24) is 9.80 Å². The van der Waals surface area contributed by atoms with Gasteiger partial charge in [-0.1, -0.05) is 27.2 Å². The Morgan fingerprint density at radius 3 is 2.12 bits per heavy atom. The second-order valence-electron chi connectivity index (χ2n) is 16.5. The van der Waals surface area contributed by atoms with Gasteiger partial charge in [-0.15, -0.1) is 0 Å². The van der Waals surface area contributed by atoms with Crippen molar-refractivity contribution >= 4 is 5.97 Å². The summed E-state index contributed by atoms with van der Waals surface area (Å²) >= 11 is 0. The molecule has 0 saturated carbocycles. The van der Waals surface area contributed by atoms with Crippen molar-refractivity contribution < 1.29 is 53.3 Å². The van der Waals surface area contributed by atoms with Gasteiger partial charge in [-0.2, -0.15) is 0 Å². The maximum absolute atomic E-state index is 14.2. The van der Waals surface area contributed by atoms with Gasteiger partial charge in [-0.05, 0) is 87.9 Å². The highest BCUT2D eigenvalue weighted by molar-refractivity contribution is 5.73. The first-order valence-electron chi connectivity index (χ1n) is 19.1. The van der Waals surface area contributed by atoms with E-state index in [9.17, 15) is 20.1 Å². The molecule has 0 amide bonds. The largest absolute Gasteiger partial charge is 0.461 e. The zero-order valence-electron chi connectivity index (χ0n) is 33.9. The van der Waals surface area contributed by atoms with E-state index in [1.165, 1.54) is 0 Å². The lowest BCUT2D eigenvalue weighted by Gasteiger charge is -2.50. The fraction of sp³-hybridized carbons (Fsp3) is 0.974. The van der Waals surface area contributed by atoms with Gasteiger partial charge in [-0.25, -0.2) is 0 Å². The molecule has 3 fully saturated rings. The van der Waals surface area contributed by atoms with Gasteiger partial charge in [0.25, 0.3) is 0 Å². The molecule has 3 saturated heterocycles. The van der Waals surface area contributed by atoms with Crippen molar-refractivity contribution in [1.29, 1.82) is 0 Å². The van der Waals surface area contributed by atoms with Crippen LogP contribution in [0.3, 0.4) is 0 Å². The Balaban J connectivity index is 2.17. The van der Waals surface area contributed by atoms with Crippen molar-refractivity contribution in [3.63, 3.8) is 0 Å². The maximum Gasteiger partial charge on any atom is 0.311 e. The van der Waals surface area contributed by atoms with Crippen LogP contribution in [0.25, 0.3) is 0 Å². The summed E-state index contributed by atoms with van der Waals surface area (Å²) in [6, 6.07) is -0.460. The smallest absolute Gasteiger partial charge is 0.311 e. The number of esters is 1. The number of carbonyl (C=O) groups excluding carboxylic acids is 1. The minimum atomic E-state index is -1.05. The van der Waals surface area contributed by atoms with Crippen LogP contribution in [0.1, 0.15) is 94.4 Å². The number of hydrogen-bond acceptors (Lipinski definition) is 13. The minimum absolute atomic E-state index is 0.197. The standard InChI is InChI=1S/C38H72N2O11/c1-15-16-27-20-40(12)25(6)30(41)21(2)18-38(9,46-14)34(51-36-31(42)28(39(10)11)17-22(3)47-36)23(4)32(24(5)35(44)49-27)50-29-19-37(8,45-13)33(43)26(7)48-29/h21-34,36,41-43H,15-20H2,1-14H3/t21-,22-,23+,24-,25+,26+,27-,28+,29?,30+,31-,32+,33+,34-,36+,37-,38+/m1/s1. The fourth-order valence-electron chi connectivity index (χ4n) is 8.48. The van der Waals surface area contributed by atoms with Gasteiger partial charge in [0.1, 0.15) is 18.3 Å². The highest BCUT2D eigenvalue weighted by atomic mass is 16.7. The average Bonchev–Trinajstić information content (AvgIpc) is 3.07. The molecule has 13 nitrogen and oxygen atoms in total. The number of hydrogen-bond donors (Lipinski definition) is 3. The van der Waals surface area contributed by atoms with Gasteiger partial charge in [-0.3, -0.25) is 9.69 Å². The van der Waals surface area contributed by atoms with Crippen LogP contribution in [-0.4, -0.2) is 158 Å². The second-order valence-corrected chi connectivity index (χ2v) is 16.5. The molecule has 3 rings (SSSR count). The normalized spacial score (nSPS) is 47.2. The van der Waals surface area contributed by atoms with E-state index in [2.05, 4.69) is 6.92 Å². The summed E-state index contributed by atoms with van der Waals surface area (Å²) in [5.41, 5.74) is -2.00. The lowest BCUT2D eigenvalue weighted by molar-refractivity contribution is -0.319. The number of cyclic esters (lactones) is 1. The van der Waals surface area contributed by atoms with E-state index in [4.69, 9.17) is 33.2 Å². The Morgan fingerprint density at radius 1 is 0.922 bits per heavy atom. The maximum atomic E-state index is 14.2. The Morgan fingerprint density at radius 2 is 1.55 bits per heavy atom. The molecular formula is C38H72N2O11. The number of likely N-dealkylation sites (N-methyl/N-ethyl adjacent to an activating group) is 2. The number of carbonyl (C=O) groups is 1. The third-order valence-corrected chi connectivity index (χ3v) is 12.2. The number of methoxy groups -OCH3 is 2. The topological polar surface area (TPSA) is 149 Å². The zero-order chi connectivity index (χ0) is 38.6. The molecule has 13 heteroatoms. The summed E-state index contributed by atoms with van der Waals surface area (Å²) < 4.78 is 44.6.